The first-order valence-corrected chi connectivity index (χ1v) is 9.46. The van der Waals surface area contributed by atoms with Crippen LogP contribution in [0.25, 0.3) is 17.1 Å². The van der Waals surface area contributed by atoms with E-state index in [1.54, 1.807) is 0 Å². The lowest BCUT2D eigenvalue weighted by Crippen LogP contribution is -2.12. The normalized spacial score (nSPS) is 21.0. The van der Waals surface area contributed by atoms with Gasteiger partial charge in [0, 0.05) is 18.0 Å². The van der Waals surface area contributed by atoms with Crippen LogP contribution < -0.4 is 0 Å². The maximum absolute atomic E-state index is 4.78. The minimum atomic E-state index is 0.220. The summed E-state index contributed by atoms with van der Waals surface area (Å²) in [6, 6.07) is 13.3. The molecule has 0 amide bonds. The van der Waals surface area contributed by atoms with Gasteiger partial charge < -0.3 is 0 Å². The lowest BCUT2D eigenvalue weighted by Gasteiger charge is -2.21. The van der Waals surface area contributed by atoms with E-state index >= 15 is 0 Å². The van der Waals surface area contributed by atoms with Crippen molar-refractivity contribution in [3.05, 3.63) is 71.0 Å². The van der Waals surface area contributed by atoms with E-state index in [-0.39, 0.29) is 5.41 Å². The molecule has 0 spiro atoms. The summed E-state index contributed by atoms with van der Waals surface area (Å²) in [5.41, 5.74) is 8.36. The topological polar surface area (TPSA) is 17.8 Å². The van der Waals surface area contributed by atoms with Crippen LogP contribution in [0.15, 0.2) is 48.8 Å². The molecule has 1 aliphatic carbocycles. The van der Waals surface area contributed by atoms with Crippen molar-refractivity contribution in [3.63, 3.8) is 0 Å². The van der Waals surface area contributed by atoms with E-state index in [0.29, 0.717) is 5.41 Å². The lowest BCUT2D eigenvalue weighted by molar-refractivity contribution is 0.529. The van der Waals surface area contributed by atoms with Gasteiger partial charge in [0.2, 0.25) is 0 Å². The van der Waals surface area contributed by atoms with E-state index in [2.05, 4.69) is 88.7 Å². The number of imidazole rings is 1. The number of aryl methyl sites for hydroxylation is 3. The molecule has 1 aromatic heterocycles. The largest absolute Gasteiger partial charge is 0.299 e. The van der Waals surface area contributed by atoms with E-state index in [1.807, 2.05) is 6.20 Å². The Labute approximate surface area is 156 Å². The van der Waals surface area contributed by atoms with Gasteiger partial charge >= 0.3 is 0 Å². The van der Waals surface area contributed by atoms with Gasteiger partial charge in [0.1, 0.15) is 5.82 Å². The van der Waals surface area contributed by atoms with E-state index in [9.17, 15) is 0 Å². The standard InChI is InChI=1S/C24H28N2/c1-16-13-17(2)21(18(3)14-16)26-12-11-25-22(26)19-9-7-8-10-20(19)24(6)15-23(24,4)5/h7-14H,15H2,1-6H3. The molecule has 1 heterocycles. The van der Waals surface area contributed by atoms with Gasteiger partial charge in [0.25, 0.3) is 0 Å². The molecule has 1 unspecified atom stereocenters. The van der Waals surface area contributed by atoms with Crippen molar-refractivity contribution >= 4 is 0 Å². The van der Waals surface area contributed by atoms with E-state index in [0.717, 1.165) is 5.82 Å². The van der Waals surface area contributed by atoms with Gasteiger partial charge in [0.05, 0.1) is 5.69 Å². The fourth-order valence-corrected chi connectivity index (χ4v) is 4.69. The lowest BCUT2D eigenvalue weighted by atomic mass is 9.86. The third kappa shape index (κ3) is 2.43. The predicted molar refractivity (Wildman–Crippen MR) is 109 cm³/mol. The Morgan fingerprint density at radius 1 is 0.962 bits per heavy atom. The summed E-state index contributed by atoms with van der Waals surface area (Å²) >= 11 is 0. The number of hydrogen-bond donors (Lipinski definition) is 0. The molecule has 0 radical (unpaired) electrons. The number of aromatic nitrogens is 2. The van der Waals surface area contributed by atoms with E-state index in [1.165, 1.54) is 39.9 Å². The Morgan fingerprint density at radius 3 is 2.19 bits per heavy atom. The first-order chi connectivity index (χ1) is 12.2. The maximum atomic E-state index is 4.78. The molecule has 1 fully saturated rings. The van der Waals surface area contributed by atoms with Gasteiger partial charge in [-0.3, -0.25) is 4.57 Å². The molecule has 0 bridgehead atoms. The van der Waals surface area contributed by atoms with E-state index < -0.39 is 0 Å². The average molecular weight is 345 g/mol. The predicted octanol–water partition coefficient (Wildman–Crippen LogP) is 6.15. The van der Waals surface area contributed by atoms with Gasteiger partial charge in [-0.25, -0.2) is 4.98 Å². The zero-order valence-corrected chi connectivity index (χ0v) is 16.7. The van der Waals surface area contributed by atoms with Gasteiger partial charge in [-0.2, -0.15) is 0 Å². The Hall–Kier alpha value is -2.35. The van der Waals surface area contributed by atoms with Crippen LogP contribution >= 0.6 is 0 Å². The highest BCUT2D eigenvalue weighted by molar-refractivity contribution is 5.68. The second kappa shape index (κ2) is 5.57. The van der Waals surface area contributed by atoms with Crippen molar-refractivity contribution in [1.29, 1.82) is 0 Å². The molecule has 2 aromatic carbocycles. The maximum Gasteiger partial charge on any atom is 0.144 e. The highest BCUT2D eigenvalue weighted by atomic mass is 15.1. The fraction of sp³-hybridized carbons (Fsp3) is 0.375. The average Bonchev–Trinajstić information content (AvgIpc) is 2.91. The second-order valence-corrected chi connectivity index (χ2v) is 8.81. The molecule has 1 saturated carbocycles. The number of rotatable bonds is 3. The van der Waals surface area contributed by atoms with Crippen LogP contribution in [0.3, 0.4) is 0 Å². The first kappa shape index (κ1) is 17.1. The summed E-state index contributed by atoms with van der Waals surface area (Å²) in [7, 11) is 0. The molecule has 0 saturated heterocycles. The molecule has 0 aliphatic heterocycles. The van der Waals surface area contributed by atoms with Crippen LogP contribution in [0, 0.1) is 26.2 Å². The molecule has 3 aromatic rings. The van der Waals surface area contributed by atoms with Crippen LogP contribution in [-0.4, -0.2) is 9.55 Å². The zero-order chi connectivity index (χ0) is 18.7. The van der Waals surface area contributed by atoms with Gasteiger partial charge in [-0.15, -0.1) is 0 Å². The summed E-state index contributed by atoms with van der Waals surface area (Å²) in [5.74, 6) is 1.04. The van der Waals surface area contributed by atoms with E-state index in [4.69, 9.17) is 4.98 Å². The van der Waals surface area contributed by atoms with Crippen molar-refractivity contribution < 1.29 is 0 Å². The van der Waals surface area contributed by atoms with Crippen molar-refractivity contribution in [2.24, 2.45) is 5.41 Å². The van der Waals surface area contributed by atoms with Crippen LogP contribution in [0.1, 0.15) is 49.4 Å². The summed E-state index contributed by atoms with van der Waals surface area (Å²) in [6.07, 6.45) is 5.24. The third-order valence-electron chi connectivity index (χ3n) is 6.44. The molecule has 26 heavy (non-hydrogen) atoms. The minimum absolute atomic E-state index is 0.220. The van der Waals surface area contributed by atoms with Crippen LogP contribution in [0.4, 0.5) is 0 Å². The molecule has 1 aliphatic rings. The monoisotopic (exact) mass is 344 g/mol. The molecule has 4 rings (SSSR count). The molecular formula is C24H28N2. The number of hydrogen-bond acceptors (Lipinski definition) is 1. The fourth-order valence-electron chi connectivity index (χ4n) is 4.69. The van der Waals surface area contributed by atoms with Crippen molar-refractivity contribution in [3.8, 4) is 17.1 Å². The number of benzene rings is 2. The molecule has 1 atom stereocenters. The quantitative estimate of drug-likeness (QED) is 0.557. The molecular weight excluding hydrogens is 316 g/mol. The Bertz CT molecular complexity index is 970. The summed E-state index contributed by atoms with van der Waals surface area (Å²) < 4.78 is 2.27. The molecule has 0 N–H and O–H groups in total. The van der Waals surface area contributed by atoms with Gasteiger partial charge in [-0.1, -0.05) is 62.7 Å². The summed E-state index contributed by atoms with van der Waals surface area (Å²) in [5, 5.41) is 0. The SMILES string of the molecule is Cc1cc(C)c(-n2ccnc2-c2ccccc2C2(C)CC2(C)C)c(C)c1. The Kier molecular flexibility index (Phi) is 3.66. The molecule has 2 heteroatoms. The van der Waals surface area contributed by atoms with Crippen molar-refractivity contribution in [1.82, 2.24) is 9.55 Å². The molecule has 2 nitrogen and oxygen atoms in total. The third-order valence-corrected chi connectivity index (χ3v) is 6.44. The minimum Gasteiger partial charge on any atom is -0.299 e. The van der Waals surface area contributed by atoms with Crippen molar-refractivity contribution in [2.45, 2.75) is 53.4 Å². The Balaban J connectivity index is 1.91. The smallest absolute Gasteiger partial charge is 0.144 e. The van der Waals surface area contributed by atoms with Crippen LogP contribution in [0.5, 0.6) is 0 Å². The highest BCUT2D eigenvalue weighted by Crippen LogP contribution is 2.65. The zero-order valence-electron chi connectivity index (χ0n) is 16.7. The van der Waals surface area contributed by atoms with Gasteiger partial charge in [-0.05, 0) is 54.7 Å². The summed E-state index contributed by atoms with van der Waals surface area (Å²) in [4.78, 5) is 4.78. The Morgan fingerprint density at radius 2 is 1.58 bits per heavy atom. The first-order valence-electron chi connectivity index (χ1n) is 9.46. The number of nitrogens with zero attached hydrogens (tertiary/aromatic N) is 2. The van der Waals surface area contributed by atoms with Crippen LogP contribution in [-0.2, 0) is 5.41 Å². The van der Waals surface area contributed by atoms with Gasteiger partial charge in [0.15, 0.2) is 0 Å². The van der Waals surface area contributed by atoms with Crippen LogP contribution in [0.2, 0.25) is 0 Å². The van der Waals surface area contributed by atoms with Crippen molar-refractivity contribution in [2.75, 3.05) is 0 Å². The molecule has 134 valence electrons. The summed E-state index contributed by atoms with van der Waals surface area (Å²) in [6.45, 7) is 13.7. The second-order valence-electron chi connectivity index (χ2n) is 8.81. The highest BCUT2D eigenvalue weighted by Gasteiger charge is 2.59.